The Labute approximate surface area is 244 Å². The predicted molar refractivity (Wildman–Crippen MR) is 153 cm³/mol. The van der Waals surface area contributed by atoms with Crippen LogP contribution < -0.4 is 25.0 Å². The maximum atomic E-state index is 13.3. The third-order valence-corrected chi connectivity index (χ3v) is 6.74. The Bertz CT molecular complexity index is 1560. The number of hydrogen-bond donors (Lipinski definition) is 2. The van der Waals surface area contributed by atoms with Crippen LogP contribution in [0.3, 0.4) is 0 Å². The van der Waals surface area contributed by atoms with E-state index in [1.54, 1.807) is 56.3 Å². The number of nitrogens with zero attached hydrogens (tertiary/aromatic N) is 1. The van der Waals surface area contributed by atoms with Crippen molar-refractivity contribution in [3.8, 4) is 11.5 Å². The van der Waals surface area contributed by atoms with Gasteiger partial charge < -0.3 is 14.8 Å². The van der Waals surface area contributed by atoms with E-state index in [0.717, 1.165) is 4.90 Å². The first-order valence-corrected chi connectivity index (χ1v) is 13.0. The zero-order valence-electron chi connectivity index (χ0n) is 21.2. The van der Waals surface area contributed by atoms with E-state index in [2.05, 4.69) is 10.6 Å². The number of carbonyl (C=O) groups excluding carboxylic acids is 4. The maximum Gasteiger partial charge on any atom is 0.335 e. The number of carbonyl (C=O) groups is 4. The van der Waals surface area contributed by atoms with Gasteiger partial charge in [-0.2, -0.15) is 0 Å². The third-order valence-electron chi connectivity index (χ3n) is 5.72. The van der Waals surface area contributed by atoms with E-state index in [4.69, 9.17) is 44.3 Å². The van der Waals surface area contributed by atoms with Crippen LogP contribution in [0.2, 0.25) is 15.1 Å². The summed E-state index contributed by atoms with van der Waals surface area (Å²) in [5, 5.41) is 5.60. The first-order valence-electron chi connectivity index (χ1n) is 11.9. The molecule has 5 amide bonds. The van der Waals surface area contributed by atoms with Gasteiger partial charge in [-0.15, -0.1) is 0 Å². The van der Waals surface area contributed by atoms with Crippen molar-refractivity contribution in [3.63, 3.8) is 0 Å². The first-order chi connectivity index (χ1) is 19.1. The summed E-state index contributed by atoms with van der Waals surface area (Å²) in [4.78, 5) is 51.8. The first kappa shape index (κ1) is 28.9. The highest BCUT2D eigenvalue weighted by molar-refractivity contribution is 6.40. The summed E-state index contributed by atoms with van der Waals surface area (Å²) in [6, 6.07) is 13.5. The molecule has 0 atom stereocenters. The number of hydrogen-bond acceptors (Lipinski definition) is 6. The number of amides is 5. The van der Waals surface area contributed by atoms with Crippen LogP contribution in [-0.4, -0.2) is 37.0 Å². The normalized spacial score (nSPS) is 14.3. The van der Waals surface area contributed by atoms with Gasteiger partial charge in [0.2, 0.25) is 0 Å². The Balaban J connectivity index is 1.61. The lowest BCUT2D eigenvalue weighted by molar-refractivity contribution is -0.122. The Morgan fingerprint density at radius 2 is 1.70 bits per heavy atom. The van der Waals surface area contributed by atoms with E-state index in [9.17, 15) is 19.2 Å². The average molecular weight is 603 g/mol. The van der Waals surface area contributed by atoms with Crippen LogP contribution in [-0.2, 0) is 14.4 Å². The number of rotatable bonds is 8. The lowest BCUT2D eigenvalue weighted by atomic mass is 10.1. The van der Waals surface area contributed by atoms with Gasteiger partial charge in [0.15, 0.2) is 18.1 Å². The molecule has 0 bridgehead atoms. The second kappa shape index (κ2) is 12.4. The molecule has 0 aliphatic carbocycles. The molecule has 1 aliphatic heterocycles. The van der Waals surface area contributed by atoms with E-state index in [-0.39, 0.29) is 34.4 Å². The number of para-hydroxylation sites is 1. The zero-order valence-corrected chi connectivity index (χ0v) is 23.5. The lowest BCUT2D eigenvalue weighted by Gasteiger charge is -2.27. The van der Waals surface area contributed by atoms with Gasteiger partial charge in [-0.3, -0.25) is 19.7 Å². The van der Waals surface area contributed by atoms with Crippen molar-refractivity contribution in [2.24, 2.45) is 0 Å². The molecule has 0 saturated carbocycles. The standard InChI is InChI=1S/C28H22Cl3N3O6/c1-3-39-23-13-16(12-20(31)25(23)40-14-24(35)32-21-9-5-4-7-19(21)30)11-17-26(36)33-28(38)34(27(17)37)22-10-6-8-18(29)15(22)2/h4-13H,3,14H2,1-2H3,(H,32,35)(H,33,36,38)/b17-11-. The quantitative estimate of drug-likeness (QED) is 0.240. The second-order valence-corrected chi connectivity index (χ2v) is 9.64. The van der Waals surface area contributed by atoms with Crippen LogP contribution in [0, 0.1) is 6.92 Å². The van der Waals surface area contributed by atoms with Gasteiger partial charge in [0, 0.05) is 5.02 Å². The minimum atomic E-state index is -0.899. The highest BCUT2D eigenvalue weighted by Crippen LogP contribution is 2.38. The number of halogens is 3. The largest absolute Gasteiger partial charge is 0.490 e. The Morgan fingerprint density at radius 3 is 2.42 bits per heavy atom. The molecule has 1 fully saturated rings. The molecule has 0 aromatic heterocycles. The van der Waals surface area contributed by atoms with Gasteiger partial charge in [-0.05, 0) is 67.4 Å². The molecule has 9 nitrogen and oxygen atoms in total. The number of ether oxygens (including phenoxy) is 2. The molecule has 40 heavy (non-hydrogen) atoms. The summed E-state index contributed by atoms with van der Waals surface area (Å²) < 4.78 is 11.3. The number of nitrogens with one attached hydrogen (secondary N) is 2. The van der Waals surface area contributed by atoms with Crippen molar-refractivity contribution < 1.29 is 28.7 Å². The summed E-state index contributed by atoms with van der Waals surface area (Å²) in [7, 11) is 0. The van der Waals surface area contributed by atoms with Gasteiger partial charge in [0.1, 0.15) is 5.57 Å². The molecular formula is C28H22Cl3N3O6. The van der Waals surface area contributed by atoms with Crippen molar-refractivity contribution in [3.05, 3.63) is 86.4 Å². The molecule has 0 radical (unpaired) electrons. The SMILES string of the molecule is CCOc1cc(/C=C2/C(=O)NC(=O)N(c3cccc(Cl)c3C)C2=O)cc(Cl)c1OCC(=O)Nc1ccccc1Cl. The Hall–Kier alpha value is -4.05. The summed E-state index contributed by atoms with van der Waals surface area (Å²) >= 11 is 18.7. The minimum Gasteiger partial charge on any atom is -0.490 e. The van der Waals surface area contributed by atoms with Crippen molar-refractivity contribution in [1.82, 2.24) is 5.32 Å². The molecule has 0 spiro atoms. The van der Waals surface area contributed by atoms with Crippen molar-refractivity contribution in [2.75, 3.05) is 23.4 Å². The Morgan fingerprint density at radius 1 is 0.975 bits per heavy atom. The van der Waals surface area contributed by atoms with E-state index in [1.165, 1.54) is 18.2 Å². The fourth-order valence-corrected chi connectivity index (χ4v) is 4.47. The van der Waals surface area contributed by atoms with Gasteiger partial charge in [-0.25, -0.2) is 9.69 Å². The highest BCUT2D eigenvalue weighted by Gasteiger charge is 2.37. The molecule has 1 heterocycles. The number of anilines is 2. The van der Waals surface area contributed by atoms with Crippen LogP contribution in [0.4, 0.5) is 16.2 Å². The smallest absolute Gasteiger partial charge is 0.335 e. The number of benzene rings is 3. The van der Waals surface area contributed by atoms with Gasteiger partial charge >= 0.3 is 6.03 Å². The molecule has 206 valence electrons. The van der Waals surface area contributed by atoms with Gasteiger partial charge in [0.25, 0.3) is 17.7 Å². The number of urea groups is 1. The summed E-state index contributed by atoms with van der Waals surface area (Å²) in [6.07, 6.45) is 1.28. The molecular weight excluding hydrogens is 581 g/mol. The van der Waals surface area contributed by atoms with E-state index in [0.29, 0.717) is 26.9 Å². The van der Waals surface area contributed by atoms with Gasteiger partial charge in [0.05, 0.1) is 28.0 Å². The molecule has 0 unspecified atom stereocenters. The molecule has 4 rings (SSSR count). The van der Waals surface area contributed by atoms with Crippen LogP contribution >= 0.6 is 34.8 Å². The fourth-order valence-electron chi connectivity index (χ4n) is 3.84. The number of barbiturate groups is 1. The van der Waals surface area contributed by atoms with E-state index in [1.807, 2.05) is 0 Å². The van der Waals surface area contributed by atoms with Gasteiger partial charge in [-0.1, -0.05) is 53.0 Å². The highest BCUT2D eigenvalue weighted by atomic mass is 35.5. The van der Waals surface area contributed by atoms with Crippen LogP contribution in [0.25, 0.3) is 6.08 Å². The van der Waals surface area contributed by atoms with Crippen LogP contribution in [0.1, 0.15) is 18.1 Å². The van der Waals surface area contributed by atoms with Crippen LogP contribution in [0.5, 0.6) is 11.5 Å². The van der Waals surface area contributed by atoms with E-state index >= 15 is 0 Å². The van der Waals surface area contributed by atoms with Crippen molar-refractivity contribution in [1.29, 1.82) is 0 Å². The third kappa shape index (κ3) is 6.22. The molecule has 1 aliphatic rings. The van der Waals surface area contributed by atoms with Crippen LogP contribution in [0.15, 0.2) is 60.2 Å². The topological polar surface area (TPSA) is 114 Å². The Kier molecular flexibility index (Phi) is 8.99. The summed E-state index contributed by atoms with van der Waals surface area (Å²) in [6.45, 7) is 3.22. The summed E-state index contributed by atoms with van der Waals surface area (Å²) in [5.74, 6) is -1.94. The van der Waals surface area contributed by atoms with Crippen molar-refractivity contribution >= 4 is 76.0 Å². The minimum absolute atomic E-state index is 0.0608. The number of imide groups is 2. The lowest BCUT2D eigenvalue weighted by Crippen LogP contribution is -2.54. The van der Waals surface area contributed by atoms with Crippen molar-refractivity contribution in [2.45, 2.75) is 13.8 Å². The second-order valence-electron chi connectivity index (χ2n) is 8.42. The molecule has 12 heteroatoms. The zero-order chi connectivity index (χ0) is 29.0. The maximum absolute atomic E-state index is 13.3. The van der Waals surface area contributed by atoms with E-state index < -0.39 is 30.4 Å². The molecule has 2 N–H and O–H groups in total. The molecule has 3 aromatic carbocycles. The molecule has 1 saturated heterocycles. The molecule has 3 aromatic rings. The predicted octanol–water partition coefficient (Wildman–Crippen LogP) is 6.04. The summed E-state index contributed by atoms with van der Waals surface area (Å²) in [5.41, 5.74) is 1.15. The fraction of sp³-hybridized carbons (Fsp3) is 0.143. The monoisotopic (exact) mass is 601 g/mol. The average Bonchev–Trinajstić information content (AvgIpc) is 2.90.